The zero-order chi connectivity index (χ0) is 16.4. The second kappa shape index (κ2) is 6.88. The average Bonchev–Trinajstić information content (AvgIpc) is 2.45. The minimum absolute atomic E-state index is 0.0939. The van der Waals surface area contributed by atoms with Gasteiger partial charge in [0.25, 0.3) is 0 Å². The number of aromatic amines is 2. The van der Waals surface area contributed by atoms with E-state index in [-0.39, 0.29) is 5.69 Å². The van der Waals surface area contributed by atoms with Gasteiger partial charge in [-0.1, -0.05) is 59.9 Å². The minimum Gasteiger partial charge on any atom is -0.304 e. The topological polar surface area (TPSA) is 109 Å². The SMILES string of the molecule is O=c1[nH]c(C(Br)C(Br)c2ccc(Br)cc2)c([N+](=O)[O-])c(=O)[nH]1. The Morgan fingerprint density at radius 3 is 2.18 bits per heavy atom. The molecule has 7 nitrogen and oxygen atoms in total. The monoisotopic (exact) mass is 495 g/mol. The molecule has 2 aromatic rings. The highest BCUT2D eigenvalue weighted by molar-refractivity contribution is 9.12. The third-order valence-corrected chi connectivity index (χ3v) is 6.13. The number of aromatic nitrogens is 2. The van der Waals surface area contributed by atoms with Crippen LogP contribution in [0.4, 0.5) is 5.69 Å². The Bertz CT molecular complexity index is 816. The van der Waals surface area contributed by atoms with Crippen molar-refractivity contribution in [2.75, 3.05) is 0 Å². The maximum absolute atomic E-state index is 11.7. The van der Waals surface area contributed by atoms with Gasteiger partial charge in [0.15, 0.2) is 0 Å². The van der Waals surface area contributed by atoms with Gasteiger partial charge in [-0.25, -0.2) is 4.79 Å². The van der Waals surface area contributed by atoms with Crippen LogP contribution in [0.15, 0.2) is 38.3 Å². The zero-order valence-corrected chi connectivity index (χ0v) is 15.4. The van der Waals surface area contributed by atoms with Crippen LogP contribution < -0.4 is 11.2 Å². The molecule has 1 aromatic heterocycles. The van der Waals surface area contributed by atoms with Gasteiger partial charge < -0.3 is 4.98 Å². The number of halogens is 3. The van der Waals surface area contributed by atoms with Crippen molar-refractivity contribution in [3.63, 3.8) is 0 Å². The quantitative estimate of drug-likeness (QED) is 0.383. The smallest absolute Gasteiger partial charge is 0.304 e. The number of nitrogens with zero attached hydrogens (tertiary/aromatic N) is 1. The molecule has 2 unspecified atom stereocenters. The number of benzene rings is 1. The van der Waals surface area contributed by atoms with Crippen LogP contribution in [0, 0.1) is 10.1 Å². The van der Waals surface area contributed by atoms with E-state index >= 15 is 0 Å². The van der Waals surface area contributed by atoms with E-state index in [1.165, 1.54) is 0 Å². The second-order valence-corrected chi connectivity index (χ2v) is 7.17. The van der Waals surface area contributed by atoms with Gasteiger partial charge in [-0.2, -0.15) is 0 Å². The predicted octanol–water partition coefficient (Wildman–Crippen LogP) is 3.31. The second-order valence-electron chi connectivity index (χ2n) is 4.28. The van der Waals surface area contributed by atoms with Gasteiger partial charge in [-0.05, 0) is 17.7 Å². The molecule has 0 fully saturated rings. The summed E-state index contributed by atoms with van der Waals surface area (Å²) in [7, 11) is 0. The fourth-order valence-corrected chi connectivity index (χ4v) is 3.31. The van der Waals surface area contributed by atoms with Crippen molar-refractivity contribution >= 4 is 53.5 Å². The maximum atomic E-state index is 11.7. The number of nitro groups is 1. The summed E-state index contributed by atoms with van der Waals surface area (Å²) in [4.78, 5) is 36.4. The normalized spacial score (nSPS) is 13.6. The van der Waals surface area contributed by atoms with E-state index in [0.29, 0.717) is 0 Å². The molecule has 0 aliphatic carbocycles. The minimum atomic E-state index is -1.04. The summed E-state index contributed by atoms with van der Waals surface area (Å²) in [6.07, 6.45) is 0. The van der Waals surface area contributed by atoms with Crippen LogP contribution in [-0.2, 0) is 0 Å². The lowest BCUT2D eigenvalue weighted by atomic mass is 10.1. The molecular weight excluding hydrogens is 490 g/mol. The van der Waals surface area contributed by atoms with Crippen LogP contribution in [0.5, 0.6) is 0 Å². The molecule has 2 atom stereocenters. The Hall–Kier alpha value is -1.26. The standard InChI is InChI=1S/C12H8Br3N3O4/c13-6-3-1-5(2-4-6)7(14)8(15)9-10(18(21)22)11(19)17-12(20)16-9/h1-4,7-8H,(H2,16,17,19,20). The Balaban J connectivity index is 2.51. The van der Waals surface area contributed by atoms with Crippen LogP contribution in [-0.4, -0.2) is 14.9 Å². The molecule has 2 N–H and O–H groups in total. The van der Waals surface area contributed by atoms with E-state index in [1.807, 2.05) is 29.2 Å². The van der Waals surface area contributed by atoms with Crippen LogP contribution >= 0.6 is 47.8 Å². The number of nitrogens with one attached hydrogen (secondary N) is 2. The van der Waals surface area contributed by atoms with E-state index < -0.39 is 31.5 Å². The Kier molecular flexibility index (Phi) is 5.35. The van der Waals surface area contributed by atoms with E-state index in [9.17, 15) is 19.7 Å². The number of H-pyrrole nitrogens is 2. The molecule has 2 rings (SSSR count). The summed E-state index contributed by atoms with van der Waals surface area (Å²) in [5, 5.41) is 11.1. The van der Waals surface area contributed by atoms with Crippen molar-refractivity contribution < 1.29 is 4.92 Å². The molecule has 0 spiro atoms. The molecule has 0 radical (unpaired) electrons. The van der Waals surface area contributed by atoms with Crippen LogP contribution in [0.2, 0.25) is 0 Å². The largest absolute Gasteiger partial charge is 0.354 e. The first-order chi connectivity index (χ1) is 10.3. The van der Waals surface area contributed by atoms with Crippen LogP contribution in [0.1, 0.15) is 20.9 Å². The van der Waals surface area contributed by atoms with Gasteiger partial charge in [-0.15, -0.1) is 0 Å². The number of alkyl halides is 2. The maximum Gasteiger partial charge on any atom is 0.354 e. The molecule has 116 valence electrons. The summed E-state index contributed by atoms with van der Waals surface area (Å²) < 4.78 is 0.887. The zero-order valence-electron chi connectivity index (χ0n) is 10.7. The van der Waals surface area contributed by atoms with E-state index in [4.69, 9.17) is 0 Å². The van der Waals surface area contributed by atoms with E-state index in [2.05, 4.69) is 52.8 Å². The molecule has 1 aromatic carbocycles. The van der Waals surface area contributed by atoms with Gasteiger partial charge in [0.1, 0.15) is 5.69 Å². The van der Waals surface area contributed by atoms with Crippen molar-refractivity contribution in [3.8, 4) is 0 Å². The number of rotatable bonds is 4. The van der Waals surface area contributed by atoms with Crippen molar-refractivity contribution in [2.45, 2.75) is 9.65 Å². The number of hydrogen-bond acceptors (Lipinski definition) is 4. The summed E-state index contributed by atoms with van der Waals surface area (Å²) in [6.45, 7) is 0. The highest BCUT2D eigenvalue weighted by Crippen LogP contribution is 2.43. The summed E-state index contributed by atoms with van der Waals surface area (Å²) in [6, 6.07) is 7.26. The fraction of sp³-hybridized carbons (Fsp3) is 0.167. The Morgan fingerprint density at radius 1 is 1.05 bits per heavy atom. The number of hydrogen-bond donors (Lipinski definition) is 2. The molecular formula is C12H8Br3N3O4. The lowest BCUT2D eigenvalue weighted by molar-refractivity contribution is -0.387. The lowest BCUT2D eigenvalue weighted by Gasteiger charge is -2.17. The van der Waals surface area contributed by atoms with Gasteiger partial charge in [0, 0.05) is 4.47 Å². The molecule has 0 amide bonds. The summed E-state index contributed by atoms with van der Waals surface area (Å²) >= 11 is 10.1. The molecule has 1 heterocycles. The fourth-order valence-electron chi connectivity index (χ4n) is 1.84. The van der Waals surface area contributed by atoms with Gasteiger partial charge >= 0.3 is 16.9 Å². The molecule has 0 aliphatic rings. The van der Waals surface area contributed by atoms with Crippen molar-refractivity contribution in [1.82, 2.24) is 9.97 Å². The van der Waals surface area contributed by atoms with E-state index in [1.54, 1.807) is 0 Å². The molecule has 0 aliphatic heterocycles. The third kappa shape index (κ3) is 3.55. The average molecular weight is 498 g/mol. The van der Waals surface area contributed by atoms with Crippen molar-refractivity contribution in [1.29, 1.82) is 0 Å². The highest BCUT2D eigenvalue weighted by atomic mass is 79.9. The molecule has 22 heavy (non-hydrogen) atoms. The van der Waals surface area contributed by atoms with Gasteiger partial charge in [-0.3, -0.25) is 19.9 Å². The van der Waals surface area contributed by atoms with Crippen molar-refractivity contribution in [3.05, 3.63) is 70.9 Å². The first-order valence-corrected chi connectivity index (χ1v) is 8.48. The Morgan fingerprint density at radius 2 is 1.64 bits per heavy atom. The first kappa shape index (κ1) is 17.1. The molecule has 0 saturated carbocycles. The van der Waals surface area contributed by atoms with Crippen LogP contribution in [0.3, 0.4) is 0 Å². The molecule has 10 heteroatoms. The van der Waals surface area contributed by atoms with Gasteiger partial charge in [0.2, 0.25) is 0 Å². The molecule has 0 bridgehead atoms. The summed E-state index contributed by atoms with van der Waals surface area (Å²) in [5.41, 5.74) is -1.80. The van der Waals surface area contributed by atoms with Gasteiger partial charge in [0.05, 0.1) is 14.6 Å². The van der Waals surface area contributed by atoms with E-state index in [0.717, 1.165) is 10.0 Å². The predicted molar refractivity (Wildman–Crippen MR) is 91.8 cm³/mol. The van der Waals surface area contributed by atoms with Crippen molar-refractivity contribution in [2.24, 2.45) is 0 Å². The first-order valence-electron chi connectivity index (χ1n) is 5.85. The molecule has 0 saturated heterocycles. The summed E-state index contributed by atoms with van der Waals surface area (Å²) in [5.74, 6) is 0. The highest BCUT2D eigenvalue weighted by Gasteiger charge is 2.30. The third-order valence-electron chi connectivity index (χ3n) is 2.85. The lowest BCUT2D eigenvalue weighted by Crippen LogP contribution is -2.27. The van der Waals surface area contributed by atoms with Crippen LogP contribution in [0.25, 0.3) is 0 Å². The Labute approximate surface area is 148 Å².